The topological polar surface area (TPSA) is 119 Å². The first-order valence-electron chi connectivity index (χ1n) is 9.50. The minimum absolute atomic E-state index is 0.0114. The standard InChI is InChI=1S/C21H22F2N2O7S/c1-31-20(27)13-9-14(21(28)32-2)11-15(10-13)24-19(26)5-4-8-25(33(3,29)30)16-6-7-17(22)18(23)12-16/h6-7,9-12H,4-5,8H2,1-3H3,(H,24,26). The van der Waals surface area contributed by atoms with Gasteiger partial charge in [-0.25, -0.2) is 26.8 Å². The summed E-state index contributed by atoms with van der Waals surface area (Å²) in [5.74, 6) is -4.32. The molecule has 0 aromatic heterocycles. The lowest BCUT2D eigenvalue weighted by atomic mass is 10.1. The quantitative estimate of drug-likeness (QED) is 0.544. The van der Waals surface area contributed by atoms with Crippen molar-refractivity contribution in [3.63, 3.8) is 0 Å². The minimum Gasteiger partial charge on any atom is -0.465 e. The number of carbonyl (C=O) groups excluding carboxylic acids is 3. The highest BCUT2D eigenvalue weighted by molar-refractivity contribution is 7.92. The number of nitrogens with one attached hydrogen (secondary N) is 1. The molecule has 0 radical (unpaired) electrons. The molecule has 2 aromatic rings. The van der Waals surface area contributed by atoms with Crippen molar-refractivity contribution >= 4 is 39.2 Å². The number of esters is 2. The van der Waals surface area contributed by atoms with Crippen molar-refractivity contribution in [3.05, 3.63) is 59.2 Å². The van der Waals surface area contributed by atoms with Crippen LogP contribution in [0.1, 0.15) is 33.6 Å². The zero-order valence-electron chi connectivity index (χ0n) is 18.1. The maximum Gasteiger partial charge on any atom is 0.337 e. The van der Waals surface area contributed by atoms with E-state index < -0.39 is 39.5 Å². The normalized spacial score (nSPS) is 10.9. The van der Waals surface area contributed by atoms with Crippen LogP contribution in [0.2, 0.25) is 0 Å². The van der Waals surface area contributed by atoms with Crippen molar-refractivity contribution < 1.29 is 41.1 Å². The van der Waals surface area contributed by atoms with E-state index in [1.54, 1.807) is 0 Å². The number of hydrogen-bond donors (Lipinski definition) is 1. The Hall–Kier alpha value is -3.54. The second-order valence-corrected chi connectivity index (χ2v) is 8.77. The molecule has 0 fully saturated rings. The zero-order valence-corrected chi connectivity index (χ0v) is 18.9. The van der Waals surface area contributed by atoms with Gasteiger partial charge in [-0.05, 0) is 36.8 Å². The molecule has 1 N–H and O–H groups in total. The van der Waals surface area contributed by atoms with E-state index in [9.17, 15) is 31.6 Å². The number of amides is 1. The van der Waals surface area contributed by atoms with Crippen LogP contribution in [-0.4, -0.2) is 53.3 Å². The molecule has 9 nitrogen and oxygen atoms in total. The number of anilines is 2. The van der Waals surface area contributed by atoms with Crippen LogP contribution in [0.4, 0.5) is 20.2 Å². The Bertz CT molecular complexity index is 1130. The fourth-order valence-electron chi connectivity index (χ4n) is 2.90. The molecule has 0 spiro atoms. The highest BCUT2D eigenvalue weighted by atomic mass is 32.2. The van der Waals surface area contributed by atoms with Gasteiger partial charge in [0, 0.05) is 24.7 Å². The van der Waals surface area contributed by atoms with Gasteiger partial charge in [-0.3, -0.25) is 9.10 Å². The summed E-state index contributed by atoms with van der Waals surface area (Å²) < 4.78 is 61.0. The van der Waals surface area contributed by atoms with E-state index in [2.05, 4.69) is 14.8 Å². The summed E-state index contributed by atoms with van der Waals surface area (Å²) in [7, 11) is -1.51. The third-order valence-electron chi connectivity index (χ3n) is 4.42. The molecule has 0 atom stereocenters. The van der Waals surface area contributed by atoms with Crippen LogP contribution in [0.25, 0.3) is 0 Å². The third kappa shape index (κ3) is 6.97. The molecule has 0 aliphatic rings. The second kappa shape index (κ2) is 10.9. The number of sulfonamides is 1. The SMILES string of the molecule is COC(=O)c1cc(NC(=O)CCCN(c2ccc(F)c(F)c2)S(C)(=O)=O)cc(C(=O)OC)c1. The molecule has 2 rings (SSSR count). The first-order chi connectivity index (χ1) is 15.5. The molecule has 0 saturated heterocycles. The molecule has 1 amide bonds. The van der Waals surface area contributed by atoms with Gasteiger partial charge in [0.05, 0.1) is 37.3 Å². The Balaban J connectivity index is 2.11. The molecule has 33 heavy (non-hydrogen) atoms. The van der Waals surface area contributed by atoms with Gasteiger partial charge < -0.3 is 14.8 Å². The summed E-state index contributed by atoms with van der Waals surface area (Å²) in [5.41, 5.74) is 0.0729. The van der Waals surface area contributed by atoms with Gasteiger partial charge in [0.1, 0.15) is 0 Å². The van der Waals surface area contributed by atoms with Crippen molar-refractivity contribution in [2.75, 3.05) is 36.6 Å². The summed E-state index contributed by atoms with van der Waals surface area (Å²) in [6.07, 6.45) is 0.797. The Morgan fingerprint density at radius 1 is 0.939 bits per heavy atom. The molecular weight excluding hydrogens is 462 g/mol. The van der Waals surface area contributed by atoms with E-state index >= 15 is 0 Å². The van der Waals surface area contributed by atoms with Crippen LogP contribution in [0.3, 0.4) is 0 Å². The monoisotopic (exact) mass is 484 g/mol. The molecule has 0 aliphatic carbocycles. The van der Waals surface area contributed by atoms with Crippen LogP contribution in [0, 0.1) is 11.6 Å². The highest BCUT2D eigenvalue weighted by Gasteiger charge is 2.20. The largest absolute Gasteiger partial charge is 0.465 e. The van der Waals surface area contributed by atoms with Crippen molar-refractivity contribution in [1.82, 2.24) is 0 Å². The molecule has 0 bridgehead atoms. The van der Waals surface area contributed by atoms with E-state index in [1.165, 1.54) is 18.2 Å². The van der Waals surface area contributed by atoms with E-state index in [4.69, 9.17) is 0 Å². The average molecular weight is 484 g/mol. The number of benzene rings is 2. The lowest BCUT2D eigenvalue weighted by molar-refractivity contribution is -0.116. The molecule has 0 aliphatic heterocycles. The summed E-state index contributed by atoms with van der Waals surface area (Å²) in [4.78, 5) is 36.0. The Morgan fingerprint density at radius 3 is 2.00 bits per heavy atom. The number of carbonyl (C=O) groups is 3. The summed E-state index contributed by atoms with van der Waals surface area (Å²) in [6, 6.07) is 6.54. The lowest BCUT2D eigenvalue weighted by Gasteiger charge is -2.22. The molecule has 2 aromatic carbocycles. The lowest BCUT2D eigenvalue weighted by Crippen LogP contribution is -2.31. The number of rotatable bonds is 9. The predicted octanol–water partition coefficient (Wildman–Crippen LogP) is 2.72. The van der Waals surface area contributed by atoms with Gasteiger partial charge in [0.25, 0.3) is 0 Å². The van der Waals surface area contributed by atoms with Crippen molar-refractivity contribution in [1.29, 1.82) is 0 Å². The number of hydrogen-bond acceptors (Lipinski definition) is 7. The van der Waals surface area contributed by atoms with Crippen molar-refractivity contribution in [2.24, 2.45) is 0 Å². The molecular formula is C21H22F2N2O7S. The van der Waals surface area contributed by atoms with Gasteiger partial charge in [0.2, 0.25) is 15.9 Å². The summed E-state index contributed by atoms with van der Waals surface area (Å²) >= 11 is 0. The molecule has 0 unspecified atom stereocenters. The molecule has 12 heteroatoms. The number of nitrogens with zero attached hydrogens (tertiary/aromatic N) is 1. The molecule has 0 heterocycles. The maximum absolute atomic E-state index is 13.5. The fourth-order valence-corrected chi connectivity index (χ4v) is 3.86. The predicted molar refractivity (Wildman–Crippen MR) is 116 cm³/mol. The zero-order chi connectivity index (χ0) is 24.8. The Labute approximate surface area is 189 Å². The van der Waals surface area contributed by atoms with E-state index in [0.717, 1.165) is 43.0 Å². The third-order valence-corrected chi connectivity index (χ3v) is 5.61. The Morgan fingerprint density at radius 2 is 1.52 bits per heavy atom. The maximum atomic E-state index is 13.5. The average Bonchev–Trinajstić information content (AvgIpc) is 2.76. The van der Waals surface area contributed by atoms with E-state index in [0.29, 0.717) is 0 Å². The van der Waals surface area contributed by atoms with Crippen LogP contribution in [-0.2, 0) is 24.3 Å². The van der Waals surface area contributed by atoms with Crippen LogP contribution in [0.15, 0.2) is 36.4 Å². The number of ether oxygens (including phenoxy) is 2. The van der Waals surface area contributed by atoms with Crippen LogP contribution >= 0.6 is 0 Å². The van der Waals surface area contributed by atoms with Crippen molar-refractivity contribution in [2.45, 2.75) is 12.8 Å². The molecule has 178 valence electrons. The van der Waals surface area contributed by atoms with Gasteiger partial charge in [-0.15, -0.1) is 0 Å². The van der Waals surface area contributed by atoms with E-state index in [1.807, 2.05) is 0 Å². The minimum atomic E-state index is -3.83. The molecule has 0 saturated carbocycles. The number of halogens is 2. The van der Waals surface area contributed by atoms with Crippen LogP contribution in [0.5, 0.6) is 0 Å². The second-order valence-electron chi connectivity index (χ2n) is 6.87. The first kappa shape index (κ1) is 25.7. The van der Waals surface area contributed by atoms with E-state index in [-0.39, 0.29) is 41.9 Å². The van der Waals surface area contributed by atoms with Gasteiger partial charge >= 0.3 is 11.9 Å². The van der Waals surface area contributed by atoms with Gasteiger partial charge in [0.15, 0.2) is 11.6 Å². The highest BCUT2D eigenvalue weighted by Crippen LogP contribution is 2.22. The smallest absolute Gasteiger partial charge is 0.337 e. The first-order valence-corrected chi connectivity index (χ1v) is 11.4. The summed E-state index contributed by atoms with van der Waals surface area (Å²) in [6.45, 7) is -0.174. The van der Waals surface area contributed by atoms with Crippen LogP contribution < -0.4 is 9.62 Å². The van der Waals surface area contributed by atoms with Gasteiger partial charge in [-0.2, -0.15) is 0 Å². The van der Waals surface area contributed by atoms with Gasteiger partial charge in [-0.1, -0.05) is 0 Å². The van der Waals surface area contributed by atoms with Crippen molar-refractivity contribution in [3.8, 4) is 0 Å². The summed E-state index contributed by atoms with van der Waals surface area (Å²) in [5, 5.41) is 2.52. The number of methoxy groups -OCH3 is 2. The Kier molecular flexibility index (Phi) is 8.46. The fraction of sp³-hybridized carbons (Fsp3) is 0.286.